The van der Waals surface area contributed by atoms with Crippen molar-refractivity contribution in [2.45, 2.75) is 31.8 Å². The van der Waals surface area contributed by atoms with E-state index in [9.17, 15) is 14.4 Å². The predicted molar refractivity (Wildman–Crippen MR) is 118 cm³/mol. The lowest BCUT2D eigenvalue weighted by Gasteiger charge is -2.33. The van der Waals surface area contributed by atoms with E-state index in [0.29, 0.717) is 22.4 Å². The number of fused-ring (bicyclic) bond motifs is 1. The number of piperidine rings is 1. The maximum Gasteiger partial charge on any atom is 0.350 e. The molecule has 0 saturated carbocycles. The van der Waals surface area contributed by atoms with Crippen LogP contribution in [0.25, 0.3) is 10.2 Å². The van der Waals surface area contributed by atoms with Crippen LogP contribution in [0.2, 0.25) is 0 Å². The molecule has 32 heavy (non-hydrogen) atoms. The Morgan fingerprint density at radius 3 is 2.78 bits per heavy atom. The standard InChI is InChI=1S/C22H23N3O6S/c1-29-21(27)15-6-3-4-10-25(15)12-13-8-9-14-17(24-19(26)16-7-5-11-31-16)18(22(28)30-2)32-20(14)23-13/h5,7-9,11,15H,3-4,6,10,12H2,1-2H3,(H,24,26)/t15-/m0/s1. The number of nitrogens with one attached hydrogen (secondary N) is 1. The normalized spacial score (nSPS) is 16.6. The fourth-order valence-electron chi connectivity index (χ4n) is 3.84. The Morgan fingerprint density at radius 2 is 2.06 bits per heavy atom. The summed E-state index contributed by atoms with van der Waals surface area (Å²) in [5, 5.41) is 3.37. The molecule has 0 aliphatic carbocycles. The van der Waals surface area contributed by atoms with Crippen LogP contribution >= 0.6 is 11.3 Å². The van der Waals surface area contributed by atoms with E-state index in [1.54, 1.807) is 6.07 Å². The van der Waals surface area contributed by atoms with Gasteiger partial charge in [0.05, 0.1) is 31.9 Å². The van der Waals surface area contributed by atoms with E-state index >= 15 is 0 Å². The van der Waals surface area contributed by atoms with Gasteiger partial charge in [-0.3, -0.25) is 14.5 Å². The van der Waals surface area contributed by atoms with Crippen LogP contribution in [0.5, 0.6) is 0 Å². The summed E-state index contributed by atoms with van der Waals surface area (Å²) in [7, 11) is 2.69. The van der Waals surface area contributed by atoms with Gasteiger partial charge in [-0.25, -0.2) is 9.78 Å². The minimum Gasteiger partial charge on any atom is -0.468 e. The van der Waals surface area contributed by atoms with Crippen LogP contribution in [0.3, 0.4) is 0 Å². The Morgan fingerprint density at radius 1 is 1.22 bits per heavy atom. The van der Waals surface area contributed by atoms with E-state index in [1.165, 1.54) is 26.5 Å². The molecule has 0 spiro atoms. The van der Waals surface area contributed by atoms with Crippen molar-refractivity contribution in [3.63, 3.8) is 0 Å². The summed E-state index contributed by atoms with van der Waals surface area (Å²) < 4.78 is 15.0. The van der Waals surface area contributed by atoms with Gasteiger partial charge in [-0.2, -0.15) is 0 Å². The number of anilines is 1. The van der Waals surface area contributed by atoms with Gasteiger partial charge in [-0.1, -0.05) is 6.42 Å². The largest absolute Gasteiger partial charge is 0.468 e. The molecule has 4 heterocycles. The van der Waals surface area contributed by atoms with Crippen molar-refractivity contribution in [2.75, 3.05) is 26.1 Å². The summed E-state index contributed by atoms with van der Waals surface area (Å²) >= 11 is 1.14. The van der Waals surface area contributed by atoms with E-state index in [2.05, 4.69) is 10.2 Å². The Kier molecular flexibility index (Phi) is 6.52. The van der Waals surface area contributed by atoms with Gasteiger partial charge in [-0.15, -0.1) is 11.3 Å². The van der Waals surface area contributed by atoms with Crippen molar-refractivity contribution >= 4 is 45.1 Å². The monoisotopic (exact) mass is 457 g/mol. The molecular weight excluding hydrogens is 434 g/mol. The zero-order valence-electron chi connectivity index (χ0n) is 17.8. The van der Waals surface area contributed by atoms with Gasteiger partial charge < -0.3 is 19.2 Å². The van der Waals surface area contributed by atoms with Gasteiger partial charge in [-0.05, 0) is 43.7 Å². The summed E-state index contributed by atoms with van der Waals surface area (Å²) in [6.45, 7) is 1.26. The predicted octanol–water partition coefficient (Wildman–Crippen LogP) is 3.46. The summed E-state index contributed by atoms with van der Waals surface area (Å²) in [4.78, 5) is 44.6. The molecule has 0 unspecified atom stereocenters. The molecule has 3 aromatic rings. The average Bonchev–Trinajstić information content (AvgIpc) is 3.47. The summed E-state index contributed by atoms with van der Waals surface area (Å²) in [5.41, 5.74) is 1.09. The molecule has 10 heteroatoms. The van der Waals surface area contributed by atoms with E-state index in [-0.39, 0.29) is 22.6 Å². The minimum atomic E-state index is -0.564. The molecule has 1 amide bonds. The third kappa shape index (κ3) is 4.37. The van der Waals surface area contributed by atoms with Crippen molar-refractivity contribution in [1.82, 2.24) is 9.88 Å². The van der Waals surface area contributed by atoms with Crippen LogP contribution in [-0.2, 0) is 20.8 Å². The Hall–Kier alpha value is -3.24. The van der Waals surface area contributed by atoms with Gasteiger partial charge in [0.1, 0.15) is 15.7 Å². The second-order valence-electron chi connectivity index (χ2n) is 7.39. The van der Waals surface area contributed by atoms with Gasteiger partial charge in [0.25, 0.3) is 5.91 Å². The average molecular weight is 458 g/mol. The smallest absolute Gasteiger partial charge is 0.350 e. The number of pyridine rings is 1. The van der Waals surface area contributed by atoms with Crippen LogP contribution in [0.4, 0.5) is 5.69 Å². The van der Waals surface area contributed by atoms with Crippen molar-refractivity contribution in [2.24, 2.45) is 0 Å². The van der Waals surface area contributed by atoms with Crippen molar-refractivity contribution in [3.8, 4) is 0 Å². The summed E-state index contributed by atoms with van der Waals surface area (Å²) in [6, 6.07) is 6.51. The number of nitrogens with zero attached hydrogens (tertiary/aromatic N) is 2. The molecule has 4 rings (SSSR count). The second-order valence-corrected chi connectivity index (χ2v) is 8.39. The number of hydrogen-bond acceptors (Lipinski definition) is 9. The number of likely N-dealkylation sites (tertiary alicyclic amines) is 1. The fourth-order valence-corrected chi connectivity index (χ4v) is 4.91. The first-order chi connectivity index (χ1) is 15.5. The molecule has 0 bridgehead atoms. The van der Waals surface area contributed by atoms with Crippen LogP contribution in [-0.4, -0.2) is 54.5 Å². The van der Waals surface area contributed by atoms with Gasteiger partial charge >= 0.3 is 11.9 Å². The number of aromatic nitrogens is 1. The number of hydrogen-bond donors (Lipinski definition) is 1. The van der Waals surface area contributed by atoms with E-state index in [4.69, 9.17) is 18.9 Å². The SMILES string of the molecule is COC(=O)c1sc2nc(CN3CCCC[C@H]3C(=O)OC)ccc2c1NC(=O)c1ccco1. The molecule has 3 aromatic heterocycles. The van der Waals surface area contributed by atoms with Crippen molar-refractivity contribution in [1.29, 1.82) is 0 Å². The molecule has 1 N–H and O–H groups in total. The fraction of sp³-hybridized carbons (Fsp3) is 0.364. The zero-order chi connectivity index (χ0) is 22.7. The van der Waals surface area contributed by atoms with E-state index in [1.807, 2.05) is 12.1 Å². The molecule has 1 saturated heterocycles. The topological polar surface area (TPSA) is 111 Å². The number of rotatable bonds is 6. The first kappa shape index (κ1) is 22.0. The number of thiophene rings is 1. The molecule has 9 nitrogen and oxygen atoms in total. The van der Waals surface area contributed by atoms with Crippen LogP contribution in [0, 0.1) is 0 Å². The van der Waals surface area contributed by atoms with Crippen LogP contribution in [0.1, 0.15) is 45.2 Å². The minimum absolute atomic E-state index is 0.128. The van der Waals surface area contributed by atoms with E-state index in [0.717, 1.165) is 42.8 Å². The summed E-state index contributed by atoms with van der Waals surface area (Å²) in [5.74, 6) is -1.15. The quantitative estimate of drug-likeness (QED) is 0.560. The van der Waals surface area contributed by atoms with Gasteiger partial charge in [0, 0.05) is 11.9 Å². The second kappa shape index (κ2) is 9.49. The highest BCUT2D eigenvalue weighted by Gasteiger charge is 2.30. The van der Waals surface area contributed by atoms with Crippen LogP contribution in [0.15, 0.2) is 34.9 Å². The van der Waals surface area contributed by atoms with E-state index < -0.39 is 11.9 Å². The number of carbonyl (C=O) groups excluding carboxylic acids is 3. The third-order valence-corrected chi connectivity index (χ3v) is 6.50. The molecule has 168 valence electrons. The Labute approximate surface area is 188 Å². The maximum atomic E-state index is 12.5. The molecule has 1 atom stereocenters. The van der Waals surface area contributed by atoms with Gasteiger partial charge in [0.2, 0.25) is 0 Å². The first-order valence-corrected chi connectivity index (χ1v) is 11.0. The zero-order valence-corrected chi connectivity index (χ0v) is 18.6. The lowest BCUT2D eigenvalue weighted by Crippen LogP contribution is -2.44. The molecule has 0 radical (unpaired) electrons. The van der Waals surface area contributed by atoms with Gasteiger partial charge in [0.15, 0.2) is 5.76 Å². The highest BCUT2D eigenvalue weighted by atomic mass is 32.1. The van der Waals surface area contributed by atoms with Crippen molar-refractivity contribution in [3.05, 3.63) is 46.9 Å². The molecule has 1 aliphatic rings. The van der Waals surface area contributed by atoms with Crippen molar-refractivity contribution < 1.29 is 28.3 Å². The number of furan rings is 1. The molecule has 1 fully saturated rings. The molecular formula is C22H23N3O6S. The number of methoxy groups -OCH3 is 2. The number of ether oxygens (including phenoxy) is 2. The third-order valence-electron chi connectivity index (χ3n) is 5.42. The number of amides is 1. The maximum absolute atomic E-state index is 12.5. The number of esters is 2. The lowest BCUT2D eigenvalue weighted by molar-refractivity contribution is -0.148. The lowest BCUT2D eigenvalue weighted by atomic mass is 10.0. The summed E-state index contributed by atoms with van der Waals surface area (Å²) in [6.07, 6.45) is 4.14. The first-order valence-electron chi connectivity index (χ1n) is 10.2. The van der Waals surface area contributed by atoms with Crippen LogP contribution < -0.4 is 5.32 Å². The number of carbonyl (C=O) groups is 3. The Balaban J connectivity index is 1.64. The molecule has 0 aromatic carbocycles. The highest BCUT2D eigenvalue weighted by molar-refractivity contribution is 7.21. The highest BCUT2D eigenvalue weighted by Crippen LogP contribution is 2.36. The Bertz CT molecular complexity index is 1140. The molecule has 1 aliphatic heterocycles.